The Morgan fingerprint density at radius 2 is 1.73 bits per heavy atom. The topological polar surface area (TPSA) is 9.23 Å². The summed E-state index contributed by atoms with van der Waals surface area (Å²) in [5.74, 6) is 1.25. The maximum atomic E-state index is 14.5. The highest BCUT2D eigenvalue weighted by Gasteiger charge is 2.36. The number of unbranched alkanes of at least 4 members (excludes halogenated alkanes) is 1. The molecular weight excluding hydrogens is 392 g/mol. The second kappa shape index (κ2) is 8.76. The molecule has 4 unspecified atom stereocenters. The van der Waals surface area contributed by atoms with Crippen molar-refractivity contribution in [2.45, 2.75) is 77.0 Å². The van der Waals surface area contributed by atoms with Gasteiger partial charge in [0.1, 0.15) is 0 Å². The molecule has 0 saturated heterocycles. The monoisotopic (exact) mass is 422 g/mol. The van der Waals surface area contributed by atoms with Crippen LogP contribution in [0.25, 0.3) is 10.8 Å². The molecule has 4 atom stereocenters. The Balaban J connectivity index is 1.46. The Labute approximate surface area is 175 Å². The van der Waals surface area contributed by atoms with Gasteiger partial charge in [0.25, 0.3) is 0 Å². The standard InChI is InChI=1S/C25H30F4O/c1-2-3-4-16-5-6-18-14-19(8-7-17(18)13-16)20-9-11-22-21(15-20)10-12-23(24(22)26)30-25(27,28)29/h9-12,15-19H,2-8,13-14H2,1H3. The van der Waals surface area contributed by atoms with E-state index >= 15 is 0 Å². The summed E-state index contributed by atoms with van der Waals surface area (Å²) in [6, 6.07) is 8.04. The summed E-state index contributed by atoms with van der Waals surface area (Å²) in [6.45, 7) is 2.26. The van der Waals surface area contributed by atoms with Crippen molar-refractivity contribution in [3.05, 3.63) is 41.7 Å². The lowest BCUT2D eigenvalue weighted by Gasteiger charge is -2.42. The van der Waals surface area contributed by atoms with Crippen LogP contribution < -0.4 is 4.74 Å². The molecule has 2 aliphatic carbocycles. The fourth-order valence-corrected chi connectivity index (χ4v) is 5.79. The highest BCUT2D eigenvalue weighted by molar-refractivity contribution is 5.85. The smallest absolute Gasteiger partial charge is 0.403 e. The van der Waals surface area contributed by atoms with Gasteiger partial charge >= 0.3 is 6.36 Å². The molecule has 2 aliphatic rings. The van der Waals surface area contributed by atoms with Crippen LogP contribution in [0.3, 0.4) is 0 Å². The fourth-order valence-electron chi connectivity index (χ4n) is 5.79. The number of rotatable bonds is 5. The van der Waals surface area contributed by atoms with Gasteiger partial charge in [-0.1, -0.05) is 56.9 Å². The van der Waals surface area contributed by atoms with Crippen molar-refractivity contribution in [3.8, 4) is 5.75 Å². The van der Waals surface area contributed by atoms with Crippen LogP contribution in [0, 0.1) is 23.6 Å². The molecule has 0 aliphatic heterocycles. The average Bonchev–Trinajstić information content (AvgIpc) is 2.72. The van der Waals surface area contributed by atoms with Crippen LogP contribution in [0.1, 0.15) is 76.2 Å². The number of fused-ring (bicyclic) bond motifs is 2. The van der Waals surface area contributed by atoms with E-state index in [-0.39, 0.29) is 5.39 Å². The summed E-state index contributed by atoms with van der Waals surface area (Å²) in [4.78, 5) is 0. The van der Waals surface area contributed by atoms with Gasteiger partial charge < -0.3 is 4.74 Å². The maximum Gasteiger partial charge on any atom is 0.573 e. The minimum Gasteiger partial charge on any atom is -0.403 e. The summed E-state index contributed by atoms with van der Waals surface area (Å²) >= 11 is 0. The molecule has 2 aromatic carbocycles. The first-order chi connectivity index (χ1) is 14.3. The van der Waals surface area contributed by atoms with Gasteiger partial charge in [-0.3, -0.25) is 0 Å². The lowest BCUT2D eigenvalue weighted by Crippen LogP contribution is -2.30. The van der Waals surface area contributed by atoms with Crippen LogP contribution in [0.2, 0.25) is 0 Å². The molecule has 1 nitrogen and oxygen atoms in total. The lowest BCUT2D eigenvalue weighted by atomic mass is 9.63. The van der Waals surface area contributed by atoms with Gasteiger partial charge in [-0.15, -0.1) is 13.2 Å². The molecule has 0 radical (unpaired) electrons. The summed E-state index contributed by atoms with van der Waals surface area (Å²) in [7, 11) is 0. The molecule has 0 N–H and O–H groups in total. The number of halogens is 4. The van der Waals surface area contributed by atoms with E-state index < -0.39 is 17.9 Å². The van der Waals surface area contributed by atoms with Crippen molar-refractivity contribution < 1.29 is 22.3 Å². The predicted molar refractivity (Wildman–Crippen MR) is 111 cm³/mol. The molecule has 30 heavy (non-hydrogen) atoms. The summed E-state index contributed by atoms with van der Waals surface area (Å²) in [6.07, 6.45) is 6.70. The second-order valence-electron chi connectivity index (χ2n) is 9.26. The van der Waals surface area contributed by atoms with Gasteiger partial charge in [-0.25, -0.2) is 4.39 Å². The first-order valence-electron chi connectivity index (χ1n) is 11.3. The van der Waals surface area contributed by atoms with Crippen molar-refractivity contribution in [2.24, 2.45) is 17.8 Å². The average molecular weight is 423 g/mol. The van der Waals surface area contributed by atoms with E-state index in [0.717, 1.165) is 30.2 Å². The third-order valence-electron chi connectivity index (χ3n) is 7.33. The third kappa shape index (κ3) is 4.76. The summed E-state index contributed by atoms with van der Waals surface area (Å²) in [5.41, 5.74) is 1.18. The van der Waals surface area contributed by atoms with Gasteiger partial charge in [0.2, 0.25) is 0 Å². The molecule has 0 aromatic heterocycles. The van der Waals surface area contributed by atoms with Crippen molar-refractivity contribution in [3.63, 3.8) is 0 Å². The number of ether oxygens (including phenoxy) is 1. The molecular formula is C25H30F4O. The van der Waals surface area contributed by atoms with E-state index in [9.17, 15) is 17.6 Å². The van der Waals surface area contributed by atoms with E-state index in [2.05, 4.69) is 11.7 Å². The van der Waals surface area contributed by atoms with Gasteiger partial charge in [0, 0.05) is 5.39 Å². The quantitative estimate of drug-likeness (QED) is 0.440. The minimum atomic E-state index is -4.90. The van der Waals surface area contributed by atoms with Crippen molar-refractivity contribution in [1.29, 1.82) is 0 Å². The Morgan fingerprint density at radius 1 is 0.967 bits per heavy atom. The highest BCUT2D eigenvalue weighted by atomic mass is 19.4. The number of hydrogen-bond donors (Lipinski definition) is 0. The highest BCUT2D eigenvalue weighted by Crippen LogP contribution is 2.48. The second-order valence-corrected chi connectivity index (χ2v) is 9.26. The van der Waals surface area contributed by atoms with E-state index in [4.69, 9.17) is 0 Å². The van der Waals surface area contributed by atoms with Crippen LogP contribution in [0.15, 0.2) is 30.3 Å². The van der Waals surface area contributed by atoms with Gasteiger partial charge in [0.05, 0.1) is 0 Å². The van der Waals surface area contributed by atoms with E-state index in [0.29, 0.717) is 11.3 Å². The Kier molecular flexibility index (Phi) is 6.26. The minimum absolute atomic E-state index is 0.172. The number of alkyl halides is 3. The van der Waals surface area contributed by atoms with Gasteiger partial charge in [-0.2, -0.15) is 0 Å². The zero-order valence-electron chi connectivity index (χ0n) is 17.5. The van der Waals surface area contributed by atoms with Gasteiger partial charge in [0.15, 0.2) is 11.6 Å². The van der Waals surface area contributed by atoms with Crippen LogP contribution in [-0.2, 0) is 0 Å². The molecule has 2 saturated carbocycles. The van der Waals surface area contributed by atoms with Crippen molar-refractivity contribution >= 4 is 10.8 Å². The summed E-state index contributed by atoms with van der Waals surface area (Å²) in [5, 5.41) is 0.801. The number of benzene rings is 2. The Hall–Kier alpha value is -1.78. The van der Waals surface area contributed by atoms with Crippen LogP contribution in [0.5, 0.6) is 5.75 Å². The van der Waals surface area contributed by atoms with Crippen LogP contribution >= 0.6 is 0 Å². The van der Waals surface area contributed by atoms with Gasteiger partial charge in [-0.05, 0) is 72.8 Å². The van der Waals surface area contributed by atoms with Crippen LogP contribution in [-0.4, -0.2) is 6.36 Å². The number of hydrogen-bond acceptors (Lipinski definition) is 1. The Morgan fingerprint density at radius 3 is 2.50 bits per heavy atom. The lowest BCUT2D eigenvalue weighted by molar-refractivity contribution is -0.275. The molecule has 5 heteroatoms. The molecule has 0 amide bonds. The molecule has 4 rings (SSSR count). The van der Waals surface area contributed by atoms with Crippen molar-refractivity contribution in [1.82, 2.24) is 0 Å². The SMILES string of the molecule is CCCCC1CCC2CC(c3ccc4c(F)c(OC(F)(F)F)ccc4c3)CCC2C1. The predicted octanol–water partition coefficient (Wildman–Crippen LogP) is 8.37. The van der Waals surface area contributed by atoms with E-state index in [1.165, 1.54) is 63.0 Å². The zero-order chi connectivity index (χ0) is 21.3. The molecule has 0 heterocycles. The maximum absolute atomic E-state index is 14.5. The third-order valence-corrected chi connectivity index (χ3v) is 7.33. The zero-order valence-corrected chi connectivity index (χ0v) is 17.5. The Bertz CT molecular complexity index is 875. The first kappa shape index (κ1) is 21.5. The van der Waals surface area contributed by atoms with Crippen molar-refractivity contribution in [2.75, 3.05) is 0 Å². The molecule has 0 bridgehead atoms. The largest absolute Gasteiger partial charge is 0.573 e. The normalized spacial score (nSPS) is 27.1. The molecule has 2 fully saturated rings. The fraction of sp³-hybridized carbons (Fsp3) is 0.600. The van der Waals surface area contributed by atoms with Crippen LogP contribution in [0.4, 0.5) is 17.6 Å². The molecule has 0 spiro atoms. The first-order valence-corrected chi connectivity index (χ1v) is 11.3. The molecule has 2 aromatic rings. The molecule has 164 valence electrons. The summed E-state index contributed by atoms with van der Waals surface area (Å²) < 4.78 is 55.7. The van der Waals surface area contributed by atoms with E-state index in [1.807, 2.05) is 12.1 Å². The van der Waals surface area contributed by atoms with E-state index in [1.54, 1.807) is 6.07 Å².